The van der Waals surface area contributed by atoms with E-state index < -0.39 is 11.9 Å². The molecule has 0 saturated heterocycles. The highest BCUT2D eigenvalue weighted by Crippen LogP contribution is 2.20. The highest BCUT2D eigenvalue weighted by atomic mass is 32.2. The van der Waals surface area contributed by atoms with E-state index >= 15 is 0 Å². The van der Waals surface area contributed by atoms with Crippen LogP contribution in [0.1, 0.15) is 21.7 Å². The van der Waals surface area contributed by atoms with Crippen LogP contribution in [0.3, 0.4) is 0 Å². The SMILES string of the molecule is O=C(NSc1cccc(Cc2cccnc2)c1)NC(=O)c1cc2ccccc2o1. The van der Waals surface area contributed by atoms with Crippen molar-refractivity contribution in [1.82, 2.24) is 15.0 Å². The van der Waals surface area contributed by atoms with Crippen molar-refractivity contribution >= 4 is 34.9 Å². The van der Waals surface area contributed by atoms with Gasteiger partial charge in [0.1, 0.15) is 5.58 Å². The summed E-state index contributed by atoms with van der Waals surface area (Å²) in [5, 5.41) is 3.07. The molecule has 29 heavy (non-hydrogen) atoms. The van der Waals surface area contributed by atoms with Gasteiger partial charge in [0, 0.05) is 22.7 Å². The van der Waals surface area contributed by atoms with Gasteiger partial charge >= 0.3 is 6.03 Å². The van der Waals surface area contributed by atoms with Crippen molar-refractivity contribution < 1.29 is 14.0 Å². The zero-order valence-corrected chi connectivity index (χ0v) is 16.1. The highest BCUT2D eigenvalue weighted by molar-refractivity contribution is 7.98. The number of hydrogen-bond acceptors (Lipinski definition) is 5. The molecule has 4 rings (SSSR count). The quantitative estimate of drug-likeness (QED) is 0.477. The van der Waals surface area contributed by atoms with Crippen molar-refractivity contribution in [2.24, 2.45) is 0 Å². The van der Waals surface area contributed by atoms with Crippen molar-refractivity contribution in [2.45, 2.75) is 11.3 Å². The molecular weight excluding hydrogens is 386 g/mol. The van der Waals surface area contributed by atoms with Crippen molar-refractivity contribution in [3.05, 3.63) is 96.0 Å². The fourth-order valence-electron chi connectivity index (χ4n) is 2.85. The second kappa shape index (κ2) is 8.62. The Hall–Kier alpha value is -3.58. The molecule has 0 unspecified atom stereocenters. The van der Waals surface area contributed by atoms with Crippen LogP contribution in [0.5, 0.6) is 0 Å². The van der Waals surface area contributed by atoms with Crippen LogP contribution >= 0.6 is 11.9 Å². The normalized spacial score (nSPS) is 10.6. The summed E-state index contributed by atoms with van der Waals surface area (Å²) in [7, 11) is 0. The minimum absolute atomic E-state index is 0.0878. The van der Waals surface area contributed by atoms with Crippen LogP contribution in [-0.4, -0.2) is 16.9 Å². The number of hydrogen-bond donors (Lipinski definition) is 2. The van der Waals surface area contributed by atoms with Crippen molar-refractivity contribution in [3.8, 4) is 0 Å². The number of amides is 3. The summed E-state index contributed by atoms with van der Waals surface area (Å²) in [6.07, 6.45) is 4.32. The minimum Gasteiger partial charge on any atom is -0.451 e. The number of pyridine rings is 1. The third kappa shape index (κ3) is 4.83. The lowest BCUT2D eigenvalue weighted by atomic mass is 10.1. The molecule has 0 saturated carbocycles. The summed E-state index contributed by atoms with van der Waals surface area (Å²) < 4.78 is 8.08. The summed E-state index contributed by atoms with van der Waals surface area (Å²) in [5.74, 6) is -0.505. The third-order valence-electron chi connectivity index (χ3n) is 4.17. The Bertz CT molecular complexity index is 1130. The number of carbonyl (C=O) groups is 2. The van der Waals surface area contributed by atoms with Gasteiger partial charge in [0.05, 0.1) is 0 Å². The van der Waals surface area contributed by atoms with Crippen LogP contribution in [0.15, 0.2) is 88.4 Å². The van der Waals surface area contributed by atoms with E-state index in [1.807, 2.05) is 60.8 Å². The largest absolute Gasteiger partial charge is 0.451 e. The van der Waals surface area contributed by atoms with Gasteiger partial charge in [0.25, 0.3) is 5.91 Å². The molecule has 6 nitrogen and oxygen atoms in total. The van der Waals surface area contributed by atoms with E-state index in [9.17, 15) is 9.59 Å². The topological polar surface area (TPSA) is 84.2 Å². The molecule has 4 aromatic rings. The Labute approximate surface area is 171 Å². The number of para-hydroxylation sites is 1. The molecule has 0 aliphatic rings. The standard InChI is InChI=1S/C22H17N3O3S/c26-21(20-13-17-7-1-2-9-19(17)28-20)24-22(27)25-29-18-8-3-5-15(12-18)11-16-6-4-10-23-14-16/h1-10,12-14H,11H2,(H2,24,25,26,27). The van der Waals surface area contributed by atoms with Gasteiger partial charge in [-0.3, -0.25) is 19.8 Å². The van der Waals surface area contributed by atoms with Crippen LogP contribution in [-0.2, 0) is 6.42 Å². The molecule has 0 aliphatic heterocycles. The number of carbonyl (C=O) groups excluding carboxylic acids is 2. The molecular formula is C22H17N3O3S. The first kappa shape index (κ1) is 18.8. The minimum atomic E-state index is -0.613. The first-order chi connectivity index (χ1) is 14.2. The molecule has 7 heteroatoms. The zero-order chi connectivity index (χ0) is 20.1. The highest BCUT2D eigenvalue weighted by Gasteiger charge is 2.15. The number of fused-ring (bicyclic) bond motifs is 1. The predicted octanol–water partition coefficient (Wildman–Crippen LogP) is 4.57. The van der Waals surface area contributed by atoms with E-state index in [1.165, 1.54) is 0 Å². The summed E-state index contributed by atoms with van der Waals surface area (Å²) >= 11 is 1.13. The fraction of sp³-hybridized carbons (Fsp3) is 0.0455. The third-order valence-corrected chi connectivity index (χ3v) is 4.94. The molecule has 0 radical (unpaired) electrons. The number of imide groups is 1. The fourth-order valence-corrected chi connectivity index (χ4v) is 3.47. The van der Waals surface area contributed by atoms with Gasteiger partial charge in [-0.2, -0.15) is 0 Å². The van der Waals surface area contributed by atoms with E-state index in [4.69, 9.17) is 4.42 Å². The molecule has 3 amide bonds. The number of rotatable bonds is 5. The molecule has 2 aromatic heterocycles. The number of furan rings is 1. The smallest absolute Gasteiger partial charge is 0.332 e. The number of nitrogens with zero attached hydrogens (tertiary/aromatic N) is 1. The van der Waals surface area contributed by atoms with Gasteiger partial charge in [0.2, 0.25) is 0 Å². The van der Waals surface area contributed by atoms with Gasteiger partial charge in [-0.05, 0) is 59.8 Å². The maximum atomic E-state index is 12.2. The maximum absolute atomic E-state index is 12.2. The van der Waals surface area contributed by atoms with Gasteiger partial charge in [0.15, 0.2) is 5.76 Å². The van der Waals surface area contributed by atoms with Gasteiger partial charge in [-0.1, -0.05) is 36.4 Å². The summed E-state index contributed by atoms with van der Waals surface area (Å²) in [6, 6.07) is 20.0. The molecule has 0 aliphatic carbocycles. The number of aromatic nitrogens is 1. The number of benzene rings is 2. The number of nitrogens with one attached hydrogen (secondary N) is 2. The first-order valence-electron chi connectivity index (χ1n) is 8.92. The molecule has 2 aromatic carbocycles. The van der Waals surface area contributed by atoms with Crippen LogP contribution in [0.25, 0.3) is 11.0 Å². The lowest BCUT2D eigenvalue weighted by Crippen LogP contribution is -2.36. The molecule has 2 N–H and O–H groups in total. The predicted molar refractivity (Wildman–Crippen MR) is 112 cm³/mol. The Morgan fingerprint density at radius 1 is 0.966 bits per heavy atom. The second-order valence-corrected chi connectivity index (χ2v) is 7.20. The molecule has 144 valence electrons. The molecule has 0 atom stereocenters. The van der Waals surface area contributed by atoms with Crippen LogP contribution in [0.4, 0.5) is 4.79 Å². The Morgan fingerprint density at radius 3 is 2.66 bits per heavy atom. The Morgan fingerprint density at radius 2 is 1.83 bits per heavy atom. The summed E-state index contributed by atoms with van der Waals surface area (Å²) in [4.78, 5) is 29.3. The van der Waals surface area contributed by atoms with Crippen molar-refractivity contribution in [1.29, 1.82) is 0 Å². The lowest BCUT2D eigenvalue weighted by molar-refractivity contribution is 0.0940. The van der Waals surface area contributed by atoms with Crippen LogP contribution in [0.2, 0.25) is 0 Å². The van der Waals surface area contributed by atoms with Gasteiger partial charge in [-0.25, -0.2) is 4.79 Å². The summed E-state index contributed by atoms with van der Waals surface area (Å²) in [5.41, 5.74) is 2.80. The second-order valence-electron chi connectivity index (χ2n) is 6.32. The van der Waals surface area contributed by atoms with E-state index in [-0.39, 0.29) is 5.76 Å². The maximum Gasteiger partial charge on any atom is 0.332 e. The molecule has 0 bridgehead atoms. The molecule has 2 heterocycles. The zero-order valence-electron chi connectivity index (χ0n) is 15.3. The van der Waals surface area contributed by atoms with Crippen molar-refractivity contribution in [3.63, 3.8) is 0 Å². The van der Waals surface area contributed by atoms with E-state index in [2.05, 4.69) is 15.0 Å². The van der Waals surface area contributed by atoms with E-state index in [0.29, 0.717) is 5.58 Å². The first-order valence-corrected chi connectivity index (χ1v) is 9.73. The number of urea groups is 1. The van der Waals surface area contributed by atoms with Crippen LogP contribution < -0.4 is 10.0 Å². The monoisotopic (exact) mass is 403 g/mol. The summed E-state index contributed by atoms with van der Waals surface area (Å²) in [6.45, 7) is 0. The molecule has 0 fully saturated rings. The lowest BCUT2D eigenvalue weighted by Gasteiger charge is -2.07. The van der Waals surface area contributed by atoms with Gasteiger partial charge < -0.3 is 4.42 Å². The van der Waals surface area contributed by atoms with E-state index in [0.717, 1.165) is 39.8 Å². The van der Waals surface area contributed by atoms with Crippen LogP contribution in [0, 0.1) is 0 Å². The average molecular weight is 403 g/mol. The van der Waals surface area contributed by atoms with E-state index in [1.54, 1.807) is 18.3 Å². The average Bonchev–Trinajstić information content (AvgIpc) is 3.18. The van der Waals surface area contributed by atoms with Crippen molar-refractivity contribution in [2.75, 3.05) is 0 Å². The Kier molecular flexibility index (Phi) is 5.58. The Balaban J connectivity index is 1.33. The molecule has 0 spiro atoms. The van der Waals surface area contributed by atoms with Gasteiger partial charge in [-0.15, -0.1) is 0 Å².